The van der Waals surface area contributed by atoms with Gasteiger partial charge in [-0.3, -0.25) is 4.79 Å². The maximum Gasteiger partial charge on any atom is 0.251 e. The highest BCUT2D eigenvalue weighted by molar-refractivity contribution is 5.94. The molecule has 0 saturated carbocycles. The van der Waals surface area contributed by atoms with E-state index in [-0.39, 0.29) is 11.9 Å². The lowest BCUT2D eigenvalue weighted by Gasteiger charge is -2.22. The van der Waals surface area contributed by atoms with Gasteiger partial charge in [0.25, 0.3) is 5.91 Å². The Bertz CT molecular complexity index is 390. The van der Waals surface area contributed by atoms with Crippen molar-refractivity contribution in [1.82, 2.24) is 5.32 Å². The van der Waals surface area contributed by atoms with E-state index in [1.807, 2.05) is 6.92 Å². The molecule has 0 fully saturated rings. The zero-order valence-corrected chi connectivity index (χ0v) is 11.1. The van der Waals surface area contributed by atoms with Crippen LogP contribution in [0.3, 0.4) is 0 Å². The highest BCUT2D eigenvalue weighted by Gasteiger charge is 2.18. The standard InChI is InChI=1S/C13H19NO4/c1-9(13(17-3)18-4)14-12(15)10-6-5-7-11(8-10)16-2/h5-9,13H,1-4H3,(H,14,15). The molecule has 0 aromatic heterocycles. The lowest BCUT2D eigenvalue weighted by molar-refractivity contribution is -0.117. The molecule has 1 unspecified atom stereocenters. The molecule has 100 valence electrons. The minimum absolute atomic E-state index is 0.194. The van der Waals surface area contributed by atoms with Crippen molar-refractivity contribution in [3.63, 3.8) is 0 Å². The highest BCUT2D eigenvalue weighted by atomic mass is 16.7. The van der Waals surface area contributed by atoms with Crippen molar-refractivity contribution < 1.29 is 19.0 Å². The molecule has 0 aliphatic heterocycles. The fourth-order valence-electron chi connectivity index (χ4n) is 1.63. The van der Waals surface area contributed by atoms with Crippen molar-refractivity contribution in [1.29, 1.82) is 0 Å². The summed E-state index contributed by atoms with van der Waals surface area (Å²) in [5.74, 6) is 0.450. The number of nitrogens with one attached hydrogen (secondary N) is 1. The Kier molecular flexibility index (Phi) is 5.61. The van der Waals surface area contributed by atoms with Crippen molar-refractivity contribution in [3.05, 3.63) is 29.8 Å². The molecular formula is C13H19NO4. The molecule has 0 aliphatic rings. The molecule has 0 aliphatic carbocycles. The Labute approximate surface area is 107 Å². The van der Waals surface area contributed by atoms with Gasteiger partial charge >= 0.3 is 0 Å². The van der Waals surface area contributed by atoms with Crippen molar-refractivity contribution in [2.45, 2.75) is 19.3 Å². The van der Waals surface area contributed by atoms with Crippen LogP contribution in [0, 0.1) is 0 Å². The van der Waals surface area contributed by atoms with Crippen LogP contribution in [-0.2, 0) is 9.47 Å². The predicted molar refractivity (Wildman–Crippen MR) is 67.7 cm³/mol. The zero-order chi connectivity index (χ0) is 13.5. The number of rotatable bonds is 6. The monoisotopic (exact) mass is 253 g/mol. The summed E-state index contributed by atoms with van der Waals surface area (Å²) in [6.45, 7) is 1.82. The summed E-state index contributed by atoms with van der Waals surface area (Å²) in [5.41, 5.74) is 0.534. The molecule has 0 spiro atoms. The van der Waals surface area contributed by atoms with Gasteiger partial charge in [-0.15, -0.1) is 0 Å². The first-order valence-corrected chi connectivity index (χ1v) is 5.63. The molecule has 0 saturated heterocycles. The van der Waals surface area contributed by atoms with E-state index in [0.717, 1.165) is 0 Å². The van der Waals surface area contributed by atoms with Gasteiger partial charge in [0.2, 0.25) is 0 Å². The van der Waals surface area contributed by atoms with Gasteiger partial charge < -0.3 is 19.5 Å². The largest absolute Gasteiger partial charge is 0.497 e. The normalized spacial score (nSPS) is 12.3. The maximum absolute atomic E-state index is 12.0. The minimum atomic E-state index is -0.473. The summed E-state index contributed by atoms with van der Waals surface area (Å²) in [6.07, 6.45) is -0.473. The molecule has 0 bridgehead atoms. The number of carbonyl (C=O) groups is 1. The topological polar surface area (TPSA) is 56.8 Å². The molecule has 1 amide bonds. The number of methoxy groups -OCH3 is 3. The van der Waals surface area contributed by atoms with Crippen molar-refractivity contribution in [2.75, 3.05) is 21.3 Å². The summed E-state index contributed by atoms with van der Waals surface area (Å²) in [6, 6.07) is 6.70. The number of carbonyl (C=O) groups excluding carboxylic acids is 1. The fraction of sp³-hybridized carbons (Fsp3) is 0.462. The number of benzene rings is 1. The van der Waals surface area contributed by atoms with Crippen LogP contribution < -0.4 is 10.1 Å². The van der Waals surface area contributed by atoms with E-state index in [1.165, 1.54) is 14.2 Å². The molecule has 5 nitrogen and oxygen atoms in total. The first-order valence-electron chi connectivity index (χ1n) is 5.63. The Morgan fingerprint density at radius 3 is 2.44 bits per heavy atom. The third kappa shape index (κ3) is 3.72. The first kappa shape index (κ1) is 14.5. The first-order chi connectivity index (χ1) is 8.62. The fourth-order valence-corrected chi connectivity index (χ4v) is 1.63. The van der Waals surface area contributed by atoms with E-state index >= 15 is 0 Å². The van der Waals surface area contributed by atoms with Crippen LogP contribution in [0.15, 0.2) is 24.3 Å². The van der Waals surface area contributed by atoms with E-state index in [4.69, 9.17) is 14.2 Å². The smallest absolute Gasteiger partial charge is 0.251 e. The number of hydrogen-bond acceptors (Lipinski definition) is 4. The number of ether oxygens (including phenoxy) is 3. The Morgan fingerprint density at radius 1 is 1.22 bits per heavy atom. The van der Waals surface area contributed by atoms with Gasteiger partial charge in [0.05, 0.1) is 13.2 Å². The molecular weight excluding hydrogens is 234 g/mol. The van der Waals surface area contributed by atoms with Crippen LogP contribution >= 0.6 is 0 Å². The molecule has 18 heavy (non-hydrogen) atoms. The van der Waals surface area contributed by atoms with Crippen molar-refractivity contribution in [3.8, 4) is 5.75 Å². The van der Waals surface area contributed by atoms with Crippen LogP contribution in [0.2, 0.25) is 0 Å². The van der Waals surface area contributed by atoms with Gasteiger partial charge in [-0.05, 0) is 25.1 Å². The van der Waals surface area contributed by atoms with Crippen molar-refractivity contribution in [2.24, 2.45) is 0 Å². The summed E-state index contributed by atoms with van der Waals surface area (Å²) in [7, 11) is 4.62. The lowest BCUT2D eigenvalue weighted by Crippen LogP contribution is -2.42. The molecule has 0 heterocycles. The minimum Gasteiger partial charge on any atom is -0.497 e. The second-order valence-corrected chi connectivity index (χ2v) is 3.83. The average Bonchev–Trinajstić information content (AvgIpc) is 2.40. The van der Waals surface area contributed by atoms with E-state index < -0.39 is 6.29 Å². The molecule has 0 radical (unpaired) electrons. The number of amides is 1. The van der Waals surface area contributed by atoms with Crippen molar-refractivity contribution >= 4 is 5.91 Å². The van der Waals surface area contributed by atoms with Gasteiger partial charge in [0, 0.05) is 19.8 Å². The summed E-state index contributed by atoms with van der Waals surface area (Å²) < 4.78 is 15.2. The van der Waals surface area contributed by atoms with Crippen LogP contribution in [0.5, 0.6) is 5.75 Å². The van der Waals surface area contributed by atoms with Gasteiger partial charge in [-0.2, -0.15) is 0 Å². The summed E-state index contributed by atoms with van der Waals surface area (Å²) >= 11 is 0. The SMILES string of the molecule is COc1cccc(C(=O)NC(C)C(OC)OC)c1. The molecule has 1 aromatic rings. The molecule has 1 atom stereocenters. The molecule has 5 heteroatoms. The zero-order valence-electron chi connectivity index (χ0n) is 11.1. The Balaban J connectivity index is 2.69. The average molecular weight is 253 g/mol. The van der Waals surface area contributed by atoms with E-state index in [1.54, 1.807) is 31.4 Å². The van der Waals surface area contributed by atoms with Gasteiger partial charge in [0.1, 0.15) is 5.75 Å². The lowest BCUT2D eigenvalue weighted by atomic mass is 10.2. The third-order valence-corrected chi connectivity index (χ3v) is 2.56. The molecule has 1 N–H and O–H groups in total. The Hall–Kier alpha value is -1.59. The van der Waals surface area contributed by atoms with Crippen LogP contribution in [0.25, 0.3) is 0 Å². The Morgan fingerprint density at radius 2 is 1.89 bits per heavy atom. The number of hydrogen-bond donors (Lipinski definition) is 1. The summed E-state index contributed by atoms with van der Waals surface area (Å²) in [4.78, 5) is 12.0. The molecule has 1 rings (SSSR count). The second kappa shape index (κ2) is 6.98. The highest BCUT2D eigenvalue weighted by Crippen LogP contribution is 2.12. The van der Waals surface area contributed by atoms with E-state index in [9.17, 15) is 4.79 Å². The van der Waals surface area contributed by atoms with E-state index in [0.29, 0.717) is 11.3 Å². The molecule has 1 aromatic carbocycles. The van der Waals surface area contributed by atoms with Crippen LogP contribution in [0.4, 0.5) is 0 Å². The van der Waals surface area contributed by atoms with Gasteiger partial charge in [-0.1, -0.05) is 6.07 Å². The maximum atomic E-state index is 12.0. The van der Waals surface area contributed by atoms with E-state index in [2.05, 4.69) is 5.32 Å². The second-order valence-electron chi connectivity index (χ2n) is 3.83. The summed E-state index contributed by atoms with van der Waals surface area (Å²) in [5, 5.41) is 2.80. The van der Waals surface area contributed by atoms with Crippen LogP contribution in [-0.4, -0.2) is 39.6 Å². The third-order valence-electron chi connectivity index (χ3n) is 2.56. The predicted octanol–water partition coefficient (Wildman–Crippen LogP) is 1.43. The quantitative estimate of drug-likeness (QED) is 0.779. The van der Waals surface area contributed by atoms with Gasteiger partial charge in [-0.25, -0.2) is 0 Å². The van der Waals surface area contributed by atoms with Gasteiger partial charge in [0.15, 0.2) is 6.29 Å². The van der Waals surface area contributed by atoms with Crippen LogP contribution in [0.1, 0.15) is 17.3 Å².